The molecular weight excluding hydrogens is 148 g/mol. The molecule has 1 aliphatic rings. The average Bonchev–Trinajstić information content (AvgIpc) is 2.28. The number of rotatable bonds is 2. The lowest BCUT2D eigenvalue weighted by molar-refractivity contribution is 0.0695. The Bertz CT molecular complexity index is 122. The van der Waals surface area contributed by atoms with Crippen LogP contribution >= 0.6 is 0 Å². The first-order valence-electron chi connectivity index (χ1n) is 5.43. The molecule has 0 amide bonds. The van der Waals surface area contributed by atoms with E-state index in [0.717, 1.165) is 6.42 Å². The van der Waals surface area contributed by atoms with Crippen LogP contribution in [0.1, 0.15) is 52.4 Å². The second-order valence-corrected chi connectivity index (χ2v) is 4.25. The molecule has 12 heavy (non-hydrogen) atoms. The summed E-state index contributed by atoms with van der Waals surface area (Å²) < 4.78 is 0. The first-order valence-corrected chi connectivity index (χ1v) is 5.43. The lowest BCUT2D eigenvalue weighted by Crippen LogP contribution is -2.24. The second-order valence-electron chi connectivity index (χ2n) is 4.25. The normalized spacial score (nSPS) is 34.2. The van der Waals surface area contributed by atoms with Gasteiger partial charge in [0.1, 0.15) is 0 Å². The molecule has 1 fully saturated rings. The Morgan fingerprint density at radius 2 is 1.92 bits per heavy atom. The fourth-order valence-electron chi connectivity index (χ4n) is 2.28. The van der Waals surface area contributed by atoms with E-state index < -0.39 is 0 Å². The van der Waals surface area contributed by atoms with Crippen LogP contribution in [0.4, 0.5) is 0 Å². The Labute approximate surface area is 76.2 Å². The number of aliphatic hydroxyl groups excluding tert-OH is 1. The van der Waals surface area contributed by atoms with Gasteiger partial charge in [0.2, 0.25) is 0 Å². The van der Waals surface area contributed by atoms with Gasteiger partial charge in [-0.05, 0) is 24.7 Å². The Morgan fingerprint density at radius 1 is 1.25 bits per heavy atom. The summed E-state index contributed by atoms with van der Waals surface area (Å²) in [5, 5.41) is 9.85. The van der Waals surface area contributed by atoms with E-state index in [-0.39, 0.29) is 6.10 Å². The molecule has 1 N–H and O–H groups in total. The van der Waals surface area contributed by atoms with E-state index in [2.05, 4.69) is 13.8 Å². The third kappa shape index (κ3) is 2.48. The first-order chi connectivity index (χ1) is 5.75. The summed E-state index contributed by atoms with van der Waals surface area (Å²) in [5.41, 5.74) is 0. The summed E-state index contributed by atoms with van der Waals surface area (Å²) in [6.07, 6.45) is 7.36. The maximum atomic E-state index is 9.85. The number of aliphatic hydroxyl groups is 1. The van der Waals surface area contributed by atoms with E-state index in [1.54, 1.807) is 0 Å². The summed E-state index contributed by atoms with van der Waals surface area (Å²) in [6.45, 7) is 4.50. The molecule has 0 heterocycles. The Balaban J connectivity index is 2.46. The van der Waals surface area contributed by atoms with Gasteiger partial charge in [0.05, 0.1) is 6.10 Å². The molecule has 0 aromatic heterocycles. The molecule has 1 saturated carbocycles. The van der Waals surface area contributed by atoms with E-state index in [1.807, 2.05) is 0 Å². The van der Waals surface area contributed by atoms with E-state index in [0.29, 0.717) is 11.8 Å². The van der Waals surface area contributed by atoms with Gasteiger partial charge in [-0.2, -0.15) is 0 Å². The predicted molar refractivity (Wildman–Crippen MR) is 52.0 cm³/mol. The van der Waals surface area contributed by atoms with Crippen molar-refractivity contribution in [3.63, 3.8) is 0 Å². The van der Waals surface area contributed by atoms with Crippen LogP contribution in [-0.2, 0) is 0 Å². The molecule has 1 rings (SSSR count). The number of hydrogen-bond acceptors (Lipinski definition) is 1. The van der Waals surface area contributed by atoms with Crippen molar-refractivity contribution in [3.8, 4) is 0 Å². The van der Waals surface area contributed by atoms with Gasteiger partial charge in [0, 0.05) is 0 Å². The van der Waals surface area contributed by atoms with Crippen molar-refractivity contribution in [1.29, 1.82) is 0 Å². The maximum absolute atomic E-state index is 9.85. The highest BCUT2D eigenvalue weighted by atomic mass is 16.3. The summed E-state index contributed by atoms with van der Waals surface area (Å²) in [7, 11) is 0. The lowest BCUT2D eigenvalue weighted by atomic mass is 9.84. The van der Waals surface area contributed by atoms with Crippen molar-refractivity contribution in [3.05, 3.63) is 0 Å². The molecular formula is C11H22O. The summed E-state index contributed by atoms with van der Waals surface area (Å²) >= 11 is 0. The van der Waals surface area contributed by atoms with Crippen molar-refractivity contribution in [2.45, 2.75) is 58.5 Å². The smallest absolute Gasteiger partial charge is 0.0570 e. The quantitative estimate of drug-likeness (QED) is 0.632. The predicted octanol–water partition coefficient (Wildman–Crippen LogP) is 2.97. The highest BCUT2D eigenvalue weighted by Gasteiger charge is 2.25. The van der Waals surface area contributed by atoms with Gasteiger partial charge in [-0.15, -0.1) is 0 Å². The van der Waals surface area contributed by atoms with Crippen LogP contribution < -0.4 is 0 Å². The van der Waals surface area contributed by atoms with E-state index >= 15 is 0 Å². The van der Waals surface area contributed by atoms with Crippen LogP contribution in [0.25, 0.3) is 0 Å². The largest absolute Gasteiger partial charge is 0.393 e. The lowest BCUT2D eigenvalue weighted by Gasteiger charge is -2.25. The zero-order valence-electron chi connectivity index (χ0n) is 8.42. The van der Waals surface area contributed by atoms with Gasteiger partial charge >= 0.3 is 0 Å². The van der Waals surface area contributed by atoms with E-state index in [1.165, 1.54) is 32.1 Å². The van der Waals surface area contributed by atoms with Gasteiger partial charge in [0.25, 0.3) is 0 Å². The monoisotopic (exact) mass is 170 g/mol. The molecule has 1 heteroatoms. The molecule has 0 spiro atoms. The van der Waals surface area contributed by atoms with E-state index in [9.17, 15) is 5.11 Å². The molecule has 0 saturated heterocycles. The highest BCUT2D eigenvalue weighted by molar-refractivity contribution is 4.76. The topological polar surface area (TPSA) is 20.2 Å². The molecule has 0 radical (unpaired) electrons. The average molecular weight is 170 g/mol. The first kappa shape index (κ1) is 10.0. The van der Waals surface area contributed by atoms with Crippen LogP contribution in [-0.4, -0.2) is 11.2 Å². The maximum Gasteiger partial charge on any atom is 0.0570 e. The molecule has 0 aromatic carbocycles. The zero-order valence-corrected chi connectivity index (χ0v) is 8.42. The molecule has 1 unspecified atom stereocenters. The fourth-order valence-corrected chi connectivity index (χ4v) is 2.28. The van der Waals surface area contributed by atoms with Gasteiger partial charge in [-0.25, -0.2) is 0 Å². The van der Waals surface area contributed by atoms with Gasteiger partial charge in [-0.1, -0.05) is 39.5 Å². The minimum atomic E-state index is -0.0116. The third-order valence-electron chi connectivity index (χ3n) is 3.41. The van der Waals surface area contributed by atoms with Crippen LogP contribution in [0.5, 0.6) is 0 Å². The van der Waals surface area contributed by atoms with Crippen molar-refractivity contribution >= 4 is 0 Å². The van der Waals surface area contributed by atoms with Crippen molar-refractivity contribution in [2.24, 2.45) is 11.8 Å². The molecule has 3 atom stereocenters. The van der Waals surface area contributed by atoms with E-state index in [4.69, 9.17) is 0 Å². The summed E-state index contributed by atoms with van der Waals surface area (Å²) in [4.78, 5) is 0. The van der Waals surface area contributed by atoms with Crippen LogP contribution in [0.2, 0.25) is 0 Å². The Kier molecular flexibility index (Phi) is 4.07. The van der Waals surface area contributed by atoms with Gasteiger partial charge in [-0.3, -0.25) is 0 Å². The second kappa shape index (κ2) is 4.86. The molecule has 1 aliphatic carbocycles. The molecule has 72 valence electrons. The Morgan fingerprint density at radius 3 is 2.58 bits per heavy atom. The van der Waals surface area contributed by atoms with Crippen LogP contribution in [0, 0.1) is 11.8 Å². The fraction of sp³-hybridized carbons (Fsp3) is 1.00. The number of hydrogen-bond donors (Lipinski definition) is 1. The van der Waals surface area contributed by atoms with Gasteiger partial charge < -0.3 is 5.11 Å². The molecule has 0 bridgehead atoms. The summed E-state index contributed by atoms with van der Waals surface area (Å²) in [5.74, 6) is 1.29. The minimum Gasteiger partial charge on any atom is -0.393 e. The van der Waals surface area contributed by atoms with Crippen molar-refractivity contribution < 1.29 is 5.11 Å². The SMILES string of the molecule is CCC(C)[C@@H]1CCCCC[C@H]1O. The Hall–Kier alpha value is -0.0400. The third-order valence-corrected chi connectivity index (χ3v) is 3.41. The van der Waals surface area contributed by atoms with Crippen molar-refractivity contribution in [1.82, 2.24) is 0 Å². The summed E-state index contributed by atoms with van der Waals surface area (Å²) in [6, 6.07) is 0. The van der Waals surface area contributed by atoms with Crippen LogP contribution in [0.15, 0.2) is 0 Å². The standard InChI is InChI=1S/C11H22O/c1-3-9(2)10-7-5-4-6-8-11(10)12/h9-12H,3-8H2,1-2H3/t9?,10-,11+/m0/s1. The molecule has 0 aliphatic heterocycles. The molecule has 1 nitrogen and oxygen atoms in total. The van der Waals surface area contributed by atoms with Crippen LogP contribution in [0.3, 0.4) is 0 Å². The van der Waals surface area contributed by atoms with Crippen molar-refractivity contribution in [2.75, 3.05) is 0 Å². The molecule has 0 aromatic rings. The highest BCUT2D eigenvalue weighted by Crippen LogP contribution is 2.30. The van der Waals surface area contributed by atoms with Gasteiger partial charge in [0.15, 0.2) is 0 Å². The zero-order chi connectivity index (χ0) is 8.97. The minimum absolute atomic E-state index is 0.0116.